The van der Waals surface area contributed by atoms with Crippen LogP contribution in [0.4, 0.5) is 8.78 Å². The summed E-state index contributed by atoms with van der Waals surface area (Å²) in [7, 11) is 0. The molecule has 39 heavy (non-hydrogen) atoms. The van der Waals surface area contributed by atoms with Gasteiger partial charge in [-0.2, -0.15) is 5.10 Å². The molecular formula is C30H34F2N2O5. The number of benzene rings is 1. The molecule has 1 unspecified atom stereocenters. The quantitative estimate of drug-likeness (QED) is 0.563. The maximum Gasteiger partial charge on any atom is 0.226 e. The van der Waals surface area contributed by atoms with E-state index in [0.717, 1.165) is 49.4 Å². The number of hydrogen-bond donors (Lipinski definition) is 1. The van der Waals surface area contributed by atoms with Crippen LogP contribution in [0.2, 0.25) is 0 Å². The van der Waals surface area contributed by atoms with Gasteiger partial charge in [-0.05, 0) is 85.5 Å². The number of aliphatic hydroxyl groups excluding tert-OH is 1. The van der Waals surface area contributed by atoms with E-state index in [1.54, 1.807) is 10.7 Å². The minimum atomic E-state index is -0.902. The lowest BCUT2D eigenvalue weighted by Gasteiger charge is -2.61. The molecule has 8 rings (SSSR count). The summed E-state index contributed by atoms with van der Waals surface area (Å²) in [6.07, 6.45) is 8.65. The molecule has 4 aliphatic carbocycles. The molecule has 2 spiro atoms. The summed E-state index contributed by atoms with van der Waals surface area (Å²) >= 11 is 0. The molecule has 1 aromatic heterocycles. The second kappa shape index (κ2) is 7.97. The van der Waals surface area contributed by atoms with Crippen LogP contribution in [0.5, 0.6) is 0 Å². The van der Waals surface area contributed by atoms with Gasteiger partial charge in [0.05, 0.1) is 23.7 Å². The van der Waals surface area contributed by atoms with Crippen LogP contribution in [0.15, 0.2) is 30.0 Å². The maximum atomic E-state index is 14.0. The Morgan fingerprint density at radius 1 is 1.08 bits per heavy atom. The van der Waals surface area contributed by atoms with Gasteiger partial charge in [0, 0.05) is 11.5 Å². The zero-order valence-corrected chi connectivity index (χ0v) is 22.3. The number of nitrogens with zero attached hydrogens (tertiary/aromatic N) is 2. The monoisotopic (exact) mass is 540 g/mol. The summed E-state index contributed by atoms with van der Waals surface area (Å²) in [4.78, 5) is 0. The summed E-state index contributed by atoms with van der Waals surface area (Å²) in [5.74, 6) is -1.85. The maximum absolute atomic E-state index is 14.0. The molecule has 208 valence electrons. The van der Waals surface area contributed by atoms with E-state index in [0.29, 0.717) is 30.6 Å². The standard InChI is InChI=1S/C30H34F2N2O5/c1-27-11-17-13-33-34(19-4-6-22(31)23(32)10-19)24(17)9-18(27)3-5-20-21-7-8-29(28(21,2)12-25(35)26(20)27)30(39-16-37-29)14-36-15-38-30/h4,6,9-10,13,20-21,25-26,35H,3,5,7-8,11-12,14-16H2,1-2H3/t20-,21-,25-,26+,27-,28-,29+,30?/m0/s1. The highest BCUT2D eigenvalue weighted by atomic mass is 19.2. The first kappa shape index (κ1) is 24.6. The average molecular weight is 541 g/mol. The first-order chi connectivity index (χ1) is 18.7. The van der Waals surface area contributed by atoms with Crippen LogP contribution >= 0.6 is 0 Å². The number of hydrogen-bond acceptors (Lipinski definition) is 6. The molecule has 2 saturated heterocycles. The minimum Gasteiger partial charge on any atom is -0.393 e. The van der Waals surface area contributed by atoms with Crippen molar-refractivity contribution in [2.24, 2.45) is 28.6 Å². The van der Waals surface area contributed by atoms with E-state index >= 15 is 0 Å². The average Bonchev–Trinajstić information content (AvgIpc) is 3.68. The normalized spacial score (nSPS) is 44.3. The third-order valence-electron chi connectivity index (χ3n) is 11.6. The van der Waals surface area contributed by atoms with Crippen LogP contribution in [-0.2, 0) is 25.4 Å². The smallest absolute Gasteiger partial charge is 0.226 e. The molecule has 0 bridgehead atoms. The summed E-state index contributed by atoms with van der Waals surface area (Å²) in [6.45, 7) is 5.32. The number of aromatic nitrogens is 2. The Hall–Kier alpha value is -2.17. The Morgan fingerprint density at radius 2 is 1.92 bits per heavy atom. The van der Waals surface area contributed by atoms with Crippen LogP contribution < -0.4 is 0 Å². The second-order valence-electron chi connectivity index (χ2n) is 13.0. The van der Waals surface area contributed by atoms with Crippen molar-refractivity contribution in [3.8, 4) is 5.69 Å². The molecule has 0 amide bonds. The Labute approximate surface area is 226 Å². The Balaban J connectivity index is 1.15. The highest BCUT2D eigenvalue weighted by Gasteiger charge is 2.76. The van der Waals surface area contributed by atoms with Gasteiger partial charge in [0.2, 0.25) is 5.79 Å². The van der Waals surface area contributed by atoms with Crippen LogP contribution in [0.25, 0.3) is 11.8 Å². The number of fused-ring (bicyclic) bond motifs is 8. The molecule has 7 nitrogen and oxygen atoms in total. The minimum absolute atomic E-state index is 0.101. The predicted molar refractivity (Wildman–Crippen MR) is 135 cm³/mol. The summed E-state index contributed by atoms with van der Waals surface area (Å²) < 4.78 is 53.6. The van der Waals surface area contributed by atoms with Crippen molar-refractivity contribution in [1.82, 2.24) is 9.78 Å². The van der Waals surface area contributed by atoms with Gasteiger partial charge in [-0.3, -0.25) is 0 Å². The zero-order valence-electron chi connectivity index (χ0n) is 22.3. The molecule has 3 saturated carbocycles. The number of halogens is 2. The number of aliphatic hydroxyl groups is 1. The van der Waals surface area contributed by atoms with Gasteiger partial charge in [-0.25, -0.2) is 13.5 Å². The van der Waals surface area contributed by atoms with Gasteiger partial charge in [-0.15, -0.1) is 0 Å². The highest BCUT2D eigenvalue weighted by molar-refractivity contribution is 5.61. The van der Waals surface area contributed by atoms with Crippen LogP contribution in [-0.4, -0.2) is 52.6 Å². The van der Waals surface area contributed by atoms with E-state index in [-0.39, 0.29) is 30.3 Å². The summed E-state index contributed by atoms with van der Waals surface area (Å²) in [6, 6.07) is 3.88. The topological polar surface area (TPSA) is 75.0 Å². The fourth-order valence-corrected chi connectivity index (χ4v) is 9.98. The van der Waals surface area contributed by atoms with E-state index in [4.69, 9.17) is 18.9 Å². The van der Waals surface area contributed by atoms with Crippen molar-refractivity contribution >= 4 is 6.08 Å². The van der Waals surface area contributed by atoms with Crippen LogP contribution in [0.3, 0.4) is 0 Å². The van der Waals surface area contributed by atoms with Crippen LogP contribution in [0.1, 0.15) is 57.2 Å². The van der Waals surface area contributed by atoms with Gasteiger partial charge in [0.15, 0.2) is 25.2 Å². The summed E-state index contributed by atoms with van der Waals surface area (Å²) in [5, 5.41) is 16.6. The first-order valence-corrected chi connectivity index (χ1v) is 14.1. The molecule has 5 fully saturated rings. The van der Waals surface area contributed by atoms with E-state index in [9.17, 15) is 13.9 Å². The third-order valence-corrected chi connectivity index (χ3v) is 11.6. The van der Waals surface area contributed by atoms with Crippen molar-refractivity contribution < 1.29 is 32.8 Å². The van der Waals surface area contributed by atoms with E-state index in [1.807, 2.05) is 6.20 Å². The Morgan fingerprint density at radius 3 is 2.72 bits per heavy atom. The second-order valence-corrected chi connectivity index (χ2v) is 13.0. The molecule has 2 aromatic rings. The lowest BCUT2D eigenvalue weighted by Crippen LogP contribution is -2.66. The third kappa shape index (κ3) is 2.95. The molecule has 1 N–H and O–H groups in total. The van der Waals surface area contributed by atoms with Crippen molar-refractivity contribution in [1.29, 1.82) is 0 Å². The fraction of sp³-hybridized carbons (Fsp3) is 0.633. The molecule has 3 heterocycles. The number of ether oxygens (including phenoxy) is 4. The lowest BCUT2D eigenvalue weighted by molar-refractivity contribution is -0.257. The number of allylic oxidation sites excluding steroid dienone is 1. The highest BCUT2D eigenvalue weighted by Crippen LogP contribution is 2.71. The molecular weight excluding hydrogens is 506 g/mol. The molecule has 0 radical (unpaired) electrons. The SMILES string of the molecule is C[C@]12Cc3cnn(-c4ccc(F)c(F)c4)c3C=C1CC[C@@H]1[C@@H]2[C@@H](O)C[C@@]2(C)[C@H]1CC[C@@]21OCOC12COCO2. The van der Waals surface area contributed by atoms with Crippen molar-refractivity contribution in [2.75, 3.05) is 20.2 Å². The van der Waals surface area contributed by atoms with E-state index in [1.165, 1.54) is 11.6 Å². The van der Waals surface area contributed by atoms with Crippen molar-refractivity contribution in [3.63, 3.8) is 0 Å². The Kier molecular flexibility index (Phi) is 5.03. The van der Waals surface area contributed by atoms with Gasteiger partial charge >= 0.3 is 0 Å². The largest absolute Gasteiger partial charge is 0.393 e. The fourth-order valence-electron chi connectivity index (χ4n) is 9.98. The van der Waals surface area contributed by atoms with Crippen LogP contribution in [0, 0.1) is 40.2 Å². The van der Waals surface area contributed by atoms with Gasteiger partial charge in [0.1, 0.15) is 12.2 Å². The van der Waals surface area contributed by atoms with Gasteiger partial charge in [0.25, 0.3) is 0 Å². The Bertz CT molecular complexity index is 1380. The van der Waals surface area contributed by atoms with E-state index < -0.39 is 29.1 Å². The first-order valence-electron chi connectivity index (χ1n) is 14.1. The zero-order chi connectivity index (χ0) is 26.8. The summed E-state index contributed by atoms with van der Waals surface area (Å²) in [5.41, 5.74) is 2.64. The predicted octanol–water partition coefficient (Wildman–Crippen LogP) is 4.75. The van der Waals surface area contributed by atoms with Crippen molar-refractivity contribution in [2.45, 2.75) is 69.9 Å². The molecule has 8 atom stereocenters. The van der Waals surface area contributed by atoms with Gasteiger partial charge < -0.3 is 24.1 Å². The van der Waals surface area contributed by atoms with Gasteiger partial charge in [-0.1, -0.05) is 19.4 Å². The molecule has 2 aliphatic heterocycles. The molecule has 9 heteroatoms. The van der Waals surface area contributed by atoms with E-state index in [2.05, 4.69) is 25.0 Å². The van der Waals surface area contributed by atoms with Crippen molar-refractivity contribution in [3.05, 3.63) is 52.9 Å². The number of rotatable bonds is 1. The lowest BCUT2D eigenvalue weighted by atomic mass is 9.45. The molecule has 1 aromatic carbocycles. The molecule has 6 aliphatic rings.